The van der Waals surface area contributed by atoms with Crippen molar-refractivity contribution in [2.24, 2.45) is 0 Å². The molecule has 1 rings (SSSR count). The second kappa shape index (κ2) is 5.93. The first-order valence-electron chi connectivity index (χ1n) is 4.90. The van der Waals surface area contributed by atoms with Crippen LogP contribution in [0.5, 0.6) is 0 Å². The fourth-order valence-corrected chi connectivity index (χ4v) is 1.96. The Hall–Kier alpha value is -0.800. The van der Waals surface area contributed by atoms with E-state index >= 15 is 0 Å². The lowest BCUT2D eigenvalue weighted by Gasteiger charge is -2.08. The van der Waals surface area contributed by atoms with E-state index in [1.54, 1.807) is 25.8 Å². The fraction of sp³-hybridized carbons (Fsp3) is 0.417. The van der Waals surface area contributed by atoms with Crippen LogP contribution in [0.4, 0.5) is 0 Å². The van der Waals surface area contributed by atoms with E-state index in [9.17, 15) is 4.79 Å². The minimum atomic E-state index is 0.108. The van der Waals surface area contributed by atoms with Gasteiger partial charge in [-0.15, -0.1) is 11.8 Å². The molecule has 1 aromatic carbocycles. The number of carbonyl (C=O) groups is 1. The Labute approximate surface area is 95.0 Å². The van der Waals surface area contributed by atoms with Gasteiger partial charge in [0.25, 0.3) is 0 Å². The van der Waals surface area contributed by atoms with Crippen molar-refractivity contribution in [3.63, 3.8) is 0 Å². The SMILES string of the molecule is COC(C)CSc1ccc(C(C)=O)cc1. The first-order chi connectivity index (χ1) is 7.13. The highest BCUT2D eigenvalue weighted by Crippen LogP contribution is 2.19. The van der Waals surface area contributed by atoms with Gasteiger partial charge >= 0.3 is 0 Å². The van der Waals surface area contributed by atoms with Crippen molar-refractivity contribution in [1.29, 1.82) is 0 Å². The third-order valence-electron chi connectivity index (χ3n) is 2.15. The van der Waals surface area contributed by atoms with Crippen molar-refractivity contribution in [2.45, 2.75) is 24.8 Å². The molecule has 1 unspecified atom stereocenters. The normalized spacial score (nSPS) is 12.5. The average Bonchev–Trinajstić information content (AvgIpc) is 2.26. The molecule has 0 amide bonds. The molecule has 1 atom stereocenters. The molecule has 0 aromatic heterocycles. The van der Waals surface area contributed by atoms with E-state index in [1.807, 2.05) is 31.2 Å². The number of hydrogen-bond acceptors (Lipinski definition) is 3. The van der Waals surface area contributed by atoms with Gasteiger partial charge in [-0.3, -0.25) is 4.79 Å². The molecule has 0 bridgehead atoms. The quantitative estimate of drug-likeness (QED) is 0.568. The molecule has 82 valence electrons. The second-order valence-electron chi connectivity index (χ2n) is 3.44. The van der Waals surface area contributed by atoms with E-state index < -0.39 is 0 Å². The molecular weight excluding hydrogens is 208 g/mol. The van der Waals surface area contributed by atoms with Gasteiger partial charge in [-0.05, 0) is 26.0 Å². The van der Waals surface area contributed by atoms with Crippen molar-refractivity contribution in [3.8, 4) is 0 Å². The van der Waals surface area contributed by atoms with Crippen LogP contribution in [-0.2, 0) is 4.74 Å². The molecule has 0 aliphatic carbocycles. The summed E-state index contributed by atoms with van der Waals surface area (Å²) in [6.45, 7) is 3.62. The maximum atomic E-state index is 11.0. The van der Waals surface area contributed by atoms with Gasteiger partial charge < -0.3 is 4.74 Å². The summed E-state index contributed by atoms with van der Waals surface area (Å²) in [5, 5.41) is 0. The van der Waals surface area contributed by atoms with Crippen LogP contribution in [0.25, 0.3) is 0 Å². The number of hydrogen-bond donors (Lipinski definition) is 0. The van der Waals surface area contributed by atoms with E-state index in [0.717, 1.165) is 11.3 Å². The maximum Gasteiger partial charge on any atom is 0.159 e. The predicted octanol–water partition coefficient (Wildman–Crippen LogP) is 3.02. The zero-order chi connectivity index (χ0) is 11.3. The van der Waals surface area contributed by atoms with E-state index in [1.165, 1.54) is 4.90 Å². The first kappa shape index (κ1) is 12.3. The monoisotopic (exact) mass is 224 g/mol. The highest BCUT2D eigenvalue weighted by Gasteiger charge is 2.02. The summed E-state index contributed by atoms with van der Waals surface area (Å²) in [6, 6.07) is 7.68. The summed E-state index contributed by atoms with van der Waals surface area (Å²) in [4.78, 5) is 12.2. The van der Waals surface area contributed by atoms with E-state index in [0.29, 0.717) is 0 Å². The summed E-state index contributed by atoms with van der Waals surface area (Å²) < 4.78 is 5.16. The molecule has 0 heterocycles. The summed E-state index contributed by atoms with van der Waals surface area (Å²) >= 11 is 1.74. The molecule has 2 nitrogen and oxygen atoms in total. The van der Waals surface area contributed by atoms with Crippen molar-refractivity contribution >= 4 is 17.5 Å². The Balaban J connectivity index is 2.53. The van der Waals surface area contributed by atoms with Crippen LogP contribution < -0.4 is 0 Å². The summed E-state index contributed by atoms with van der Waals surface area (Å²) in [5.41, 5.74) is 0.763. The van der Waals surface area contributed by atoms with Crippen LogP contribution in [0, 0.1) is 0 Å². The molecule has 0 saturated carbocycles. The smallest absolute Gasteiger partial charge is 0.159 e. The lowest BCUT2D eigenvalue weighted by molar-refractivity contribution is 0.101. The Bertz CT molecular complexity index is 319. The molecule has 0 aliphatic heterocycles. The van der Waals surface area contributed by atoms with Crippen LogP contribution in [-0.4, -0.2) is 24.7 Å². The Morgan fingerprint density at radius 1 is 1.40 bits per heavy atom. The lowest BCUT2D eigenvalue weighted by Crippen LogP contribution is -2.07. The molecule has 0 N–H and O–H groups in total. The average molecular weight is 224 g/mol. The molecular formula is C12H16O2S. The van der Waals surface area contributed by atoms with Gasteiger partial charge in [0.2, 0.25) is 0 Å². The molecule has 15 heavy (non-hydrogen) atoms. The first-order valence-corrected chi connectivity index (χ1v) is 5.88. The van der Waals surface area contributed by atoms with Crippen LogP contribution in [0.3, 0.4) is 0 Å². The van der Waals surface area contributed by atoms with Crippen molar-refractivity contribution in [2.75, 3.05) is 12.9 Å². The Kier molecular flexibility index (Phi) is 4.85. The molecule has 0 spiro atoms. The predicted molar refractivity (Wildman–Crippen MR) is 63.6 cm³/mol. The van der Waals surface area contributed by atoms with Crippen LogP contribution >= 0.6 is 11.8 Å². The minimum Gasteiger partial charge on any atom is -0.381 e. The Morgan fingerprint density at radius 3 is 2.47 bits per heavy atom. The van der Waals surface area contributed by atoms with Crippen molar-refractivity contribution in [3.05, 3.63) is 29.8 Å². The number of ether oxygens (including phenoxy) is 1. The molecule has 0 radical (unpaired) electrons. The number of Topliss-reactive ketones (excluding diaryl/α,β-unsaturated/α-hetero) is 1. The largest absolute Gasteiger partial charge is 0.381 e. The summed E-state index contributed by atoms with van der Waals surface area (Å²) in [5.74, 6) is 1.03. The fourth-order valence-electron chi connectivity index (χ4n) is 1.07. The second-order valence-corrected chi connectivity index (χ2v) is 4.53. The molecule has 1 aromatic rings. The highest BCUT2D eigenvalue weighted by molar-refractivity contribution is 7.99. The number of benzene rings is 1. The van der Waals surface area contributed by atoms with Crippen LogP contribution in [0.2, 0.25) is 0 Å². The summed E-state index contributed by atoms with van der Waals surface area (Å²) in [6.07, 6.45) is 0.252. The number of thioether (sulfide) groups is 1. The summed E-state index contributed by atoms with van der Waals surface area (Å²) in [7, 11) is 1.71. The van der Waals surface area contributed by atoms with E-state index in [4.69, 9.17) is 4.74 Å². The van der Waals surface area contributed by atoms with Gasteiger partial charge in [0.05, 0.1) is 6.10 Å². The van der Waals surface area contributed by atoms with Gasteiger partial charge in [-0.2, -0.15) is 0 Å². The highest BCUT2D eigenvalue weighted by atomic mass is 32.2. The van der Waals surface area contributed by atoms with Gasteiger partial charge in [-0.25, -0.2) is 0 Å². The molecule has 0 aliphatic rings. The van der Waals surface area contributed by atoms with Crippen LogP contribution in [0.15, 0.2) is 29.2 Å². The minimum absolute atomic E-state index is 0.108. The zero-order valence-electron chi connectivity index (χ0n) is 9.32. The molecule has 0 fully saturated rings. The third kappa shape index (κ3) is 4.06. The lowest BCUT2D eigenvalue weighted by atomic mass is 10.2. The van der Waals surface area contributed by atoms with Gasteiger partial charge in [0.15, 0.2) is 5.78 Å². The number of rotatable bonds is 5. The van der Waals surface area contributed by atoms with E-state index in [-0.39, 0.29) is 11.9 Å². The third-order valence-corrected chi connectivity index (χ3v) is 3.39. The molecule has 0 saturated heterocycles. The topological polar surface area (TPSA) is 26.3 Å². The van der Waals surface area contributed by atoms with Crippen LogP contribution in [0.1, 0.15) is 24.2 Å². The van der Waals surface area contributed by atoms with Gasteiger partial charge in [-0.1, -0.05) is 12.1 Å². The van der Waals surface area contributed by atoms with Gasteiger partial charge in [0, 0.05) is 23.3 Å². The van der Waals surface area contributed by atoms with E-state index in [2.05, 4.69) is 0 Å². The molecule has 3 heteroatoms. The number of ketones is 1. The number of carbonyl (C=O) groups excluding carboxylic acids is 1. The number of methoxy groups -OCH3 is 1. The maximum absolute atomic E-state index is 11.0. The van der Waals surface area contributed by atoms with Crippen molar-refractivity contribution < 1.29 is 9.53 Å². The van der Waals surface area contributed by atoms with Gasteiger partial charge in [0.1, 0.15) is 0 Å². The van der Waals surface area contributed by atoms with Crippen molar-refractivity contribution in [1.82, 2.24) is 0 Å². The Morgan fingerprint density at radius 2 is 2.00 bits per heavy atom. The zero-order valence-corrected chi connectivity index (χ0v) is 10.1. The standard InChI is InChI=1S/C12H16O2S/c1-9(14-3)8-15-12-6-4-11(5-7-12)10(2)13/h4-7,9H,8H2,1-3H3.